The van der Waals surface area contributed by atoms with Gasteiger partial charge in [0.25, 0.3) is 5.91 Å². The molecule has 3 heterocycles. The van der Waals surface area contributed by atoms with Gasteiger partial charge in [-0.2, -0.15) is 13.2 Å². The van der Waals surface area contributed by atoms with Crippen LogP contribution < -0.4 is 10.2 Å². The minimum atomic E-state index is -4.53. The second-order valence-corrected chi connectivity index (χ2v) is 8.22. The number of alkyl halides is 3. The van der Waals surface area contributed by atoms with E-state index < -0.39 is 23.5 Å². The van der Waals surface area contributed by atoms with E-state index in [2.05, 4.69) is 15.2 Å². The monoisotopic (exact) mass is 468 g/mol. The Bertz CT molecular complexity index is 1360. The number of rotatable bonds is 5. The van der Waals surface area contributed by atoms with Gasteiger partial charge in [0.2, 0.25) is 0 Å². The van der Waals surface area contributed by atoms with Gasteiger partial charge in [0.15, 0.2) is 0 Å². The predicted molar refractivity (Wildman–Crippen MR) is 121 cm³/mol. The van der Waals surface area contributed by atoms with E-state index in [0.717, 1.165) is 37.5 Å². The van der Waals surface area contributed by atoms with E-state index >= 15 is 0 Å². The summed E-state index contributed by atoms with van der Waals surface area (Å²) >= 11 is 0. The fraction of sp³-hybridized carbons (Fsp3) is 0.200. The molecule has 4 aromatic rings. The molecule has 9 heteroatoms. The summed E-state index contributed by atoms with van der Waals surface area (Å²) in [5.74, 6) is -0.145. The van der Waals surface area contributed by atoms with Gasteiger partial charge < -0.3 is 14.8 Å². The Balaban J connectivity index is 1.51. The lowest BCUT2D eigenvalue weighted by atomic mass is 10.1. The predicted octanol–water partition coefficient (Wildman–Crippen LogP) is 5.70. The highest BCUT2D eigenvalue weighted by Gasteiger charge is 2.31. The van der Waals surface area contributed by atoms with Gasteiger partial charge in [-0.15, -0.1) is 0 Å². The molecule has 0 unspecified atom stereocenters. The average Bonchev–Trinajstić information content (AvgIpc) is 3.11. The molecule has 0 saturated carbocycles. The van der Waals surface area contributed by atoms with E-state index in [9.17, 15) is 22.4 Å². The fourth-order valence-corrected chi connectivity index (χ4v) is 3.99. The Labute approximate surface area is 192 Å². The molecule has 174 valence electrons. The van der Waals surface area contributed by atoms with Crippen molar-refractivity contribution in [2.75, 3.05) is 23.3 Å². The standard InChI is InChI=1S/C25H20F4N4O/c26-19-4-1-3-16(11-19)15-33-21-13-18(25(27,28)29)6-5-17(21)12-22(33)24(34)31-20-7-8-23(30-14-20)32-9-2-10-32/h1,3-8,11-14H,2,9-10,15H2,(H,31,34). The number of benzene rings is 2. The summed E-state index contributed by atoms with van der Waals surface area (Å²) in [6.45, 7) is 1.91. The van der Waals surface area contributed by atoms with E-state index in [0.29, 0.717) is 16.6 Å². The molecule has 5 rings (SSSR count). The second kappa shape index (κ2) is 8.48. The van der Waals surface area contributed by atoms with E-state index in [1.54, 1.807) is 18.3 Å². The number of carbonyl (C=O) groups is 1. The van der Waals surface area contributed by atoms with Crippen molar-refractivity contribution in [1.82, 2.24) is 9.55 Å². The third-order valence-corrected chi connectivity index (χ3v) is 5.88. The largest absolute Gasteiger partial charge is 0.416 e. The number of nitrogens with one attached hydrogen (secondary N) is 1. The topological polar surface area (TPSA) is 50.2 Å². The molecule has 2 aromatic carbocycles. The fourth-order valence-electron chi connectivity index (χ4n) is 3.99. The summed E-state index contributed by atoms with van der Waals surface area (Å²) in [6.07, 6.45) is -1.87. The van der Waals surface area contributed by atoms with Crippen LogP contribution in [-0.2, 0) is 12.7 Å². The molecule has 1 aliphatic rings. The van der Waals surface area contributed by atoms with Gasteiger partial charge in [-0.05, 0) is 54.4 Å². The van der Waals surface area contributed by atoms with E-state index in [-0.39, 0.29) is 17.8 Å². The summed E-state index contributed by atoms with van der Waals surface area (Å²) < 4.78 is 55.3. The molecular formula is C25H20F4N4O. The smallest absolute Gasteiger partial charge is 0.356 e. The number of hydrogen-bond donors (Lipinski definition) is 1. The Kier molecular flexibility index (Phi) is 5.47. The highest BCUT2D eigenvalue weighted by atomic mass is 19.4. The number of carbonyl (C=O) groups excluding carboxylic acids is 1. The quantitative estimate of drug-likeness (QED) is 0.382. The Morgan fingerprint density at radius 1 is 1.03 bits per heavy atom. The molecule has 1 amide bonds. The van der Waals surface area contributed by atoms with Gasteiger partial charge in [0.05, 0.1) is 17.4 Å². The number of hydrogen-bond acceptors (Lipinski definition) is 3. The van der Waals surface area contributed by atoms with Gasteiger partial charge in [-0.25, -0.2) is 9.37 Å². The van der Waals surface area contributed by atoms with Crippen LogP contribution in [0, 0.1) is 5.82 Å². The zero-order valence-corrected chi connectivity index (χ0v) is 17.9. The minimum Gasteiger partial charge on any atom is -0.356 e. The Morgan fingerprint density at radius 3 is 2.50 bits per heavy atom. The molecule has 1 N–H and O–H groups in total. The lowest BCUT2D eigenvalue weighted by Crippen LogP contribution is -2.37. The first-order valence-corrected chi connectivity index (χ1v) is 10.8. The number of pyridine rings is 1. The Hall–Kier alpha value is -3.88. The van der Waals surface area contributed by atoms with Crippen LogP contribution in [0.2, 0.25) is 0 Å². The summed E-state index contributed by atoms with van der Waals surface area (Å²) in [5, 5.41) is 3.24. The molecule has 1 fully saturated rings. The van der Waals surface area contributed by atoms with Gasteiger partial charge in [-0.3, -0.25) is 4.79 Å². The molecule has 1 saturated heterocycles. The first-order valence-electron chi connectivity index (χ1n) is 10.8. The van der Waals surface area contributed by atoms with Crippen LogP contribution in [0.5, 0.6) is 0 Å². The van der Waals surface area contributed by atoms with Crippen LogP contribution in [0.15, 0.2) is 66.9 Å². The van der Waals surface area contributed by atoms with Crippen molar-refractivity contribution in [2.24, 2.45) is 0 Å². The number of anilines is 2. The Morgan fingerprint density at radius 2 is 1.85 bits per heavy atom. The maximum atomic E-state index is 13.7. The van der Waals surface area contributed by atoms with Crippen molar-refractivity contribution >= 4 is 28.3 Å². The SMILES string of the molecule is O=C(Nc1ccc(N2CCC2)nc1)c1cc2ccc(C(F)(F)F)cc2n1Cc1cccc(F)c1. The lowest BCUT2D eigenvalue weighted by Gasteiger charge is -2.31. The minimum absolute atomic E-state index is 0.0253. The number of nitrogens with zero attached hydrogens (tertiary/aromatic N) is 3. The average molecular weight is 468 g/mol. The highest BCUT2D eigenvalue weighted by molar-refractivity contribution is 6.06. The summed E-state index contributed by atoms with van der Waals surface area (Å²) in [7, 11) is 0. The molecule has 1 aliphatic heterocycles. The van der Waals surface area contributed by atoms with Crippen LogP contribution in [-0.4, -0.2) is 28.5 Å². The van der Waals surface area contributed by atoms with Crippen molar-refractivity contribution in [3.8, 4) is 0 Å². The zero-order valence-electron chi connectivity index (χ0n) is 17.9. The van der Waals surface area contributed by atoms with Crippen molar-refractivity contribution in [3.05, 3.63) is 89.5 Å². The van der Waals surface area contributed by atoms with Crippen molar-refractivity contribution in [1.29, 1.82) is 0 Å². The number of amides is 1. The van der Waals surface area contributed by atoms with E-state index in [1.807, 2.05) is 6.07 Å². The van der Waals surface area contributed by atoms with Gasteiger partial charge in [0, 0.05) is 30.5 Å². The zero-order chi connectivity index (χ0) is 23.9. The van der Waals surface area contributed by atoms with Gasteiger partial charge in [-0.1, -0.05) is 18.2 Å². The molecule has 0 radical (unpaired) electrons. The molecule has 2 aromatic heterocycles. The third kappa shape index (κ3) is 4.33. The van der Waals surface area contributed by atoms with Crippen LogP contribution >= 0.6 is 0 Å². The second-order valence-electron chi connectivity index (χ2n) is 8.22. The molecule has 5 nitrogen and oxygen atoms in total. The summed E-state index contributed by atoms with van der Waals surface area (Å²) in [5.41, 5.74) is 0.551. The van der Waals surface area contributed by atoms with Crippen LogP contribution in [0.4, 0.5) is 29.1 Å². The molecule has 0 atom stereocenters. The van der Waals surface area contributed by atoms with Crippen LogP contribution in [0.25, 0.3) is 10.9 Å². The maximum absolute atomic E-state index is 13.7. The summed E-state index contributed by atoms with van der Waals surface area (Å²) in [6, 6.07) is 14.1. The van der Waals surface area contributed by atoms with E-state index in [4.69, 9.17) is 0 Å². The molecule has 34 heavy (non-hydrogen) atoms. The molecule has 0 aliphatic carbocycles. The van der Waals surface area contributed by atoms with E-state index in [1.165, 1.54) is 34.9 Å². The number of halogens is 4. The molecule has 0 bridgehead atoms. The highest BCUT2D eigenvalue weighted by Crippen LogP contribution is 2.33. The van der Waals surface area contributed by atoms with Crippen molar-refractivity contribution in [2.45, 2.75) is 19.1 Å². The normalized spacial score (nSPS) is 13.7. The number of fused-ring (bicyclic) bond motifs is 1. The molecule has 0 spiro atoms. The van der Waals surface area contributed by atoms with Crippen LogP contribution in [0.3, 0.4) is 0 Å². The lowest BCUT2D eigenvalue weighted by molar-refractivity contribution is -0.137. The van der Waals surface area contributed by atoms with Gasteiger partial charge in [0.1, 0.15) is 17.3 Å². The molecular weight excluding hydrogens is 448 g/mol. The summed E-state index contributed by atoms with van der Waals surface area (Å²) in [4.78, 5) is 19.6. The number of aromatic nitrogens is 2. The van der Waals surface area contributed by atoms with Gasteiger partial charge >= 0.3 is 6.18 Å². The maximum Gasteiger partial charge on any atom is 0.416 e. The van der Waals surface area contributed by atoms with Crippen molar-refractivity contribution < 1.29 is 22.4 Å². The first-order chi connectivity index (χ1) is 16.3. The van der Waals surface area contributed by atoms with Crippen LogP contribution in [0.1, 0.15) is 28.0 Å². The third-order valence-electron chi connectivity index (χ3n) is 5.88. The first kappa shape index (κ1) is 21.9. The van der Waals surface area contributed by atoms with Crippen molar-refractivity contribution in [3.63, 3.8) is 0 Å².